The van der Waals surface area contributed by atoms with E-state index in [4.69, 9.17) is 0 Å². The van der Waals surface area contributed by atoms with Gasteiger partial charge in [0.2, 0.25) is 5.91 Å². The Hall–Kier alpha value is -1.63. The highest BCUT2D eigenvalue weighted by molar-refractivity contribution is 7.09. The Labute approximate surface area is 160 Å². The minimum Gasteiger partial charge on any atom is -0.357 e. The lowest BCUT2D eigenvalue weighted by molar-refractivity contribution is -0.134. The highest BCUT2D eigenvalue weighted by Crippen LogP contribution is 2.27. The first kappa shape index (κ1) is 19.1. The first-order valence-electron chi connectivity index (χ1n) is 9.96. The second kappa shape index (κ2) is 9.35. The Kier molecular flexibility index (Phi) is 6.88. The van der Waals surface area contributed by atoms with Crippen LogP contribution in [0, 0.1) is 5.92 Å². The molecule has 2 aliphatic rings. The van der Waals surface area contributed by atoms with Crippen molar-refractivity contribution in [2.24, 2.45) is 10.9 Å². The van der Waals surface area contributed by atoms with E-state index in [0.717, 1.165) is 62.0 Å². The van der Waals surface area contributed by atoms with E-state index >= 15 is 0 Å². The number of hydrogen-bond donors (Lipinski definition) is 2. The Morgan fingerprint density at radius 1 is 1.35 bits per heavy atom. The van der Waals surface area contributed by atoms with E-state index in [1.807, 2.05) is 4.90 Å². The maximum atomic E-state index is 12.6. The molecule has 7 heteroatoms. The molecule has 3 rings (SSSR count). The van der Waals surface area contributed by atoms with Gasteiger partial charge in [0.05, 0.1) is 17.2 Å². The van der Waals surface area contributed by atoms with E-state index in [1.54, 1.807) is 11.3 Å². The molecule has 1 aliphatic heterocycles. The van der Waals surface area contributed by atoms with Crippen LogP contribution in [0.4, 0.5) is 0 Å². The van der Waals surface area contributed by atoms with E-state index in [2.05, 4.69) is 39.8 Å². The van der Waals surface area contributed by atoms with Crippen LogP contribution < -0.4 is 10.6 Å². The largest absolute Gasteiger partial charge is 0.357 e. The fourth-order valence-electron chi connectivity index (χ4n) is 3.77. The number of thiazole rings is 1. The van der Waals surface area contributed by atoms with Crippen molar-refractivity contribution in [1.82, 2.24) is 20.5 Å². The molecular formula is C19H31N5OS. The van der Waals surface area contributed by atoms with Gasteiger partial charge in [-0.3, -0.25) is 4.79 Å². The van der Waals surface area contributed by atoms with Gasteiger partial charge in [-0.15, -0.1) is 11.3 Å². The number of aromatic nitrogens is 1. The number of likely N-dealkylation sites (tertiary alicyclic amines) is 1. The third-order valence-corrected chi connectivity index (χ3v) is 6.23. The van der Waals surface area contributed by atoms with Gasteiger partial charge in [0, 0.05) is 37.0 Å². The summed E-state index contributed by atoms with van der Waals surface area (Å²) >= 11 is 1.70. The number of carbonyl (C=O) groups excluding carboxylic acids is 1. The Morgan fingerprint density at radius 2 is 2.15 bits per heavy atom. The molecule has 1 aliphatic carbocycles. The average Bonchev–Trinajstić information content (AvgIpc) is 3.40. The molecule has 1 unspecified atom stereocenters. The molecule has 6 nitrogen and oxygen atoms in total. The van der Waals surface area contributed by atoms with Gasteiger partial charge < -0.3 is 15.5 Å². The van der Waals surface area contributed by atoms with Crippen LogP contribution in [0.5, 0.6) is 0 Å². The summed E-state index contributed by atoms with van der Waals surface area (Å²) in [6, 6.07) is 0.278. The molecule has 1 amide bonds. The number of rotatable bonds is 6. The SMILES string of the molecule is CCNC(=NCc1csc(CC)n1)NC1CCN(C(=O)C2CCCC2)C1. The molecule has 2 N–H and O–H groups in total. The fraction of sp³-hybridized carbons (Fsp3) is 0.737. The van der Waals surface area contributed by atoms with Crippen molar-refractivity contribution in [3.63, 3.8) is 0 Å². The van der Waals surface area contributed by atoms with Crippen LogP contribution in [-0.4, -0.2) is 47.4 Å². The summed E-state index contributed by atoms with van der Waals surface area (Å²) in [4.78, 5) is 23.9. The monoisotopic (exact) mass is 377 g/mol. The number of guanidine groups is 1. The summed E-state index contributed by atoms with van der Waals surface area (Å²) in [5, 5.41) is 10.1. The molecular weight excluding hydrogens is 346 g/mol. The van der Waals surface area contributed by atoms with Crippen LogP contribution in [0.2, 0.25) is 0 Å². The second-order valence-corrected chi connectivity index (χ2v) is 8.12. The lowest BCUT2D eigenvalue weighted by Gasteiger charge is -2.21. The molecule has 26 heavy (non-hydrogen) atoms. The standard InChI is InChI=1S/C19H31N5OS/c1-3-17-22-16(13-26-17)11-21-19(20-4-2)23-15-9-10-24(12-15)18(25)14-7-5-6-8-14/h13-15H,3-12H2,1-2H3,(H2,20,21,23). The van der Waals surface area contributed by atoms with Crippen molar-refractivity contribution in [3.8, 4) is 0 Å². The highest BCUT2D eigenvalue weighted by atomic mass is 32.1. The average molecular weight is 378 g/mol. The molecule has 1 saturated heterocycles. The minimum absolute atomic E-state index is 0.271. The molecule has 1 aromatic rings. The number of amides is 1. The van der Waals surface area contributed by atoms with E-state index < -0.39 is 0 Å². The molecule has 1 atom stereocenters. The smallest absolute Gasteiger partial charge is 0.225 e. The predicted octanol–water partition coefficient (Wildman–Crippen LogP) is 2.55. The predicted molar refractivity (Wildman–Crippen MR) is 106 cm³/mol. The highest BCUT2D eigenvalue weighted by Gasteiger charge is 2.32. The number of carbonyl (C=O) groups is 1. The summed E-state index contributed by atoms with van der Waals surface area (Å²) in [6.45, 7) is 7.24. The van der Waals surface area contributed by atoms with E-state index in [-0.39, 0.29) is 12.0 Å². The number of aryl methyl sites for hydroxylation is 1. The number of nitrogens with zero attached hydrogens (tertiary/aromatic N) is 3. The third-order valence-electron chi connectivity index (χ3n) is 5.19. The first-order chi connectivity index (χ1) is 12.7. The van der Waals surface area contributed by atoms with Crippen molar-refractivity contribution in [3.05, 3.63) is 16.1 Å². The lowest BCUT2D eigenvalue weighted by Crippen LogP contribution is -2.45. The molecule has 0 aromatic carbocycles. The fourth-order valence-corrected chi connectivity index (χ4v) is 4.50. The number of aliphatic imine (C=N–C) groups is 1. The van der Waals surface area contributed by atoms with Crippen molar-refractivity contribution in [1.29, 1.82) is 0 Å². The van der Waals surface area contributed by atoms with E-state index in [9.17, 15) is 4.79 Å². The zero-order valence-corrected chi connectivity index (χ0v) is 16.8. The van der Waals surface area contributed by atoms with Crippen LogP contribution in [0.25, 0.3) is 0 Å². The molecule has 0 bridgehead atoms. The van der Waals surface area contributed by atoms with Gasteiger partial charge in [0.25, 0.3) is 0 Å². The van der Waals surface area contributed by atoms with Crippen LogP contribution in [-0.2, 0) is 17.8 Å². The first-order valence-corrected chi connectivity index (χ1v) is 10.8. The summed E-state index contributed by atoms with van der Waals surface area (Å²) in [6.07, 6.45) is 6.52. The summed E-state index contributed by atoms with van der Waals surface area (Å²) in [5.74, 6) is 1.45. The number of nitrogens with one attached hydrogen (secondary N) is 2. The van der Waals surface area contributed by atoms with Crippen molar-refractivity contribution in [2.75, 3.05) is 19.6 Å². The zero-order chi connectivity index (χ0) is 18.4. The number of hydrogen-bond acceptors (Lipinski definition) is 4. The molecule has 2 heterocycles. The van der Waals surface area contributed by atoms with Crippen LogP contribution in [0.15, 0.2) is 10.4 Å². The van der Waals surface area contributed by atoms with Gasteiger partial charge in [-0.05, 0) is 32.6 Å². The lowest BCUT2D eigenvalue weighted by atomic mass is 10.1. The van der Waals surface area contributed by atoms with Gasteiger partial charge in [-0.2, -0.15) is 0 Å². The maximum Gasteiger partial charge on any atom is 0.225 e. The molecule has 2 fully saturated rings. The van der Waals surface area contributed by atoms with Gasteiger partial charge in [-0.25, -0.2) is 9.98 Å². The summed E-state index contributed by atoms with van der Waals surface area (Å²) < 4.78 is 0. The maximum absolute atomic E-state index is 12.6. The molecule has 144 valence electrons. The Morgan fingerprint density at radius 3 is 2.85 bits per heavy atom. The van der Waals surface area contributed by atoms with Crippen molar-refractivity contribution in [2.45, 2.75) is 65.0 Å². The van der Waals surface area contributed by atoms with Crippen molar-refractivity contribution < 1.29 is 4.79 Å². The molecule has 0 radical (unpaired) electrons. The van der Waals surface area contributed by atoms with Gasteiger partial charge in [0.15, 0.2) is 5.96 Å². The zero-order valence-electron chi connectivity index (χ0n) is 16.0. The van der Waals surface area contributed by atoms with Crippen LogP contribution in [0.1, 0.15) is 56.7 Å². The quantitative estimate of drug-likeness (QED) is 0.590. The summed E-state index contributed by atoms with van der Waals surface area (Å²) in [7, 11) is 0. The van der Waals surface area contributed by atoms with Gasteiger partial charge in [-0.1, -0.05) is 19.8 Å². The third kappa shape index (κ3) is 4.96. The van der Waals surface area contributed by atoms with Gasteiger partial charge in [0.1, 0.15) is 0 Å². The minimum atomic E-state index is 0.271. The van der Waals surface area contributed by atoms with Crippen LogP contribution in [0.3, 0.4) is 0 Å². The second-order valence-electron chi connectivity index (χ2n) is 7.18. The van der Waals surface area contributed by atoms with Crippen LogP contribution >= 0.6 is 11.3 Å². The molecule has 1 saturated carbocycles. The van der Waals surface area contributed by atoms with E-state index in [1.165, 1.54) is 12.8 Å². The normalized spacial score (nSPS) is 21.4. The topological polar surface area (TPSA) is 69.6 Å². The van der Waals surface area contributed by atoms with Gasteiger partial charge >= 0.3 is 0 Å². The van der Waals surface area contributed by atoms with Crippen molar-refractivity contribution >= 4 is 23.2 Å². The Balaban J connectivity index is 1.52. The summed E-state index contributed by atoms with van der Waals surface area (Å²) in [5.41, 5.74) is 1.02. The van der Waals surface area contributed by atoms with E-state index in [0.29, 0.717) is 12.5 Å². The molecule has 1 aromatic heterocycles. The molecule has 0 spiro atoms. The Bertz CT molecular complexity index is 623.